The predicted octanol–water partition coefficient (Wildman–Crippen LogP) is 2.03. The van der Waals surface area contributed by atoms with E-state index in [-0.39, 0.29) is 18.2 Å². The van der Waals surface area contributed by atoms with Gasteiger partial charge in [-0.1, -0.05) is 6.07 Å². The normalized spacial score (nSPS) is 20.6. The van der Waals surface area contributed by atoms with Crippen LogP contribution in [0.1, 0.15) is 38.1 Å². The van der Waals surface area contributed by atoms with E-state index in [0.717, 1.165) is 11.3 Å². The molecule has 0 bridgehead atoms. The van der Waals surface area contributed by atoms with Gasteiger partial charge in [-0.05, 0) is 39.3 Å². The van der Waals surface area contributed by atoms with Crippen LogP contribution in [-0.2, 0) is 9.47 Å². The standard InChI is InChI=1S/C16H25N3O3/c1-11-5-6-12(9-18-11)14(17)13-10-21-8-7-19(13)15(20)22-16(2,3)4/h5-6,9,13-14H,7-8,10,17H2,1-4H3. The smallest absolute Gasteiger partial charge is 0.410 e. The van der Waals surface area contributed by atoms with Crippen LogP contribution in [0.4, 0.5) is 4.79 Å². The molecule has 1 aliphatic heterocycles. The van der Waals surface area contributed by atoms with Gasteiger partial charge in [-0.25, -0.2) is 4.79 Å². The molecule has 2 atom stereocenters. The van der Waals surface area contributed by atoms with Crippen LogP contribution in [0.15, 0.2) is 18.3 Å². The molecule has 2 rings (SSSR count). The van der Waals surface area contributed by atoms with Crippen LogP contribution in [0.2, 0.25) is 0 Å². The second-order valence-electron chi connectivity index (χ2n) is 6.57. The van der Waals surface area contributed by atoms with E-state index in [1.165, 1.54) is 0 Å². The number of rotatable bonds is 2. The van der Waals surface area contributed by atoms with Gasteiger partial charge < -0.3 is 15.2 Å². The van der Waals surface area contributed by atoms with E-state index in [2.05, 4.69) is 4.98 Å². The Labute approximate surface area is 131 Å². The van der Waals surface area contributed by atoms with Gasteiger partial charge >= 0.3 is 6.09 Å². The maximum Gasteiger partial charge on any atom is 0.410 e. The molecule has 6 heteroatoms. The van der Waals surface area contributed by atoms with Crippen molar-refractivity contribution in [1.29, 1.82) is 0 Å². The topological polar surface area (TPSA) is 77.7 Å². The first kappa shape index (κ1) is 16.7. The summed E-state index contributed by atoms with van der Waals surface area (Å²) in [4.78, 5) is 18.3. The van der Waals surface area contributed by atoms with Crippen LogP contribution in [0.5, 0.6) is 0 Å². The first-order valence-corrected chi connectivity index (χ1v) is 7.53. The first-order chi connectivity index (χ1) is 10.3. The number of pyridine rings is 1. The van der Waals surface area contributed by atoms with Crippen LogP contribution in [-0.4, -0.2) is 47.4 Å². The van der Waals surface area contributed by atoms with Crippen LogP contribution < -0.4 is 5.73 Å². The van der Waals surface area contributed by atoms with Crippen molar-refractivity contribution in [2.24, 2.45) is 5.73 Å². The summed E-state index contributed by atoms with van der Waals surface area (Å²) in [6, 6.07) is 3.24. The molecule has 22 heavy (non-hydrogen) atoms. The van der Waals surface area contributed by atoms with Crippen molar-refractivity contribution < 1.29 is 14.3 Å². The van der Waals surface area contributed by atoms with Crippen molar-refractivity contribution in [3.63, 3.8) is 0 Å². The van der Waals surface area contributed by atoms with Crippen LogP contribution in [0.3, 0.4) is 0 Å². The van der Waals surface area contributed by atoms with Gasteiger partial charge in [-0.15, -0.1) is 0 Å². The molecule has 1 aromatic rings. The van der Waals surface area contributed by atoms with E-state index in [1.807, 2.05) is 39.8 Å². The number of carbonyl (C=O) groups excluding carboxylic acids is 1. The molecule has 2 N–H and O–H groups in total. The minimum atomic E-state index is -0.532. The van der Waals surface area contributed by atoms with Gasteiger partial charge in [0.25, 0.3) is 0 Å². The fourth-order valence-corrected chi connectivity index (χ4v) is 2.37. The maximum atomic E-state index is 12.4. The highest BCUT2D eigenvalue weighted by molar-refractivity contribution is 5.69. The molecule has 122 valence electrons. The molecule has 0 radical (unpaired) electrons. The van der Waals surface area contributed by atoms with Crippen LogP contribution in [0, 0.1) is 6.92 Å². The summed E-state index contributed by atoms with van der Waals surface area (Å²) in [6.45, 7) is 8.85. The SMILES string of the molecule is Cc1ccc(C(N)C2COCCN2C(=O)OC(C)(C)C)cn1. The number of ether oxygens (including phenoxy) is 2. The Morgan fingerprint density at radius 3 is 2.82 bits per heavy atom. The zero-order chi connectivity index (χ0) is 16.3. The number of amides is 1. The zero-order valence-corrected chi connectivity index (χ0v) is 13.7. The molecule has 1 fully saturated rings. The Morgan fingerprint density at radius 2 is 2.23 bits per heavy atom. The average molecular weight is 307 g/mol. The van der Waals surface area contributed by atoms with E-state index in [4.69, 9.17) is 15.2 Å². The first-order valence-electron chi connectivity index (χ1n) is 7.53. The summed E-state index contributed by atoms with van der Waals surface area (Å²) in [5, 5.41) is 0. The minimum absolute atomic E-state index is 0.256. The van der Waals surface area contributed by atoms with Gasteiger partial charge in [0.2, 0.25) is 0 Å². The van der Waals surface area contributed by atoms with Gasteiger partial charge in [0.1, 0.15) is 5.60 Å². The molecule has 1 saturated heterocycles. The number of aryl methyl sites for hydroxylation is 1. The predicted molar refractivity (Wildman–Crippen MR) is 83.4 cm³/mol. The summed E-state index contributed by atoms with van der Waals surface area (Å²) < 4.78 is 11.0. The Kier molecular flexibility index (Phi) is 5.03. The van der Waals surface area contributed by atoms with Gasteiger partial charge in [0.05, 0.1) is 25.3 Å². The Balaban J connectivity index is 2.15. The largest absolute Gasteiger partial charge is 0.444 e. The fourth-order valence-electron chi connectivity index (χ4n) is 2.37. The van der Waals surface area contributed by atoms with Gasteiger partial charge in [-0.2, -0.15) is 0 Å². The molecule has 0 aliphatic carbocycles. The highest BCUT2D eigenvalue weighted by Crippen LogP contribution is 2.23. The molecule has 1 amide bonds. The molecule has 0 spiro atoms. The lowest BCUT2D eigenvalue weighted by Crippen LogP contribution is -2.54. The van der Waals surface area contributed by atoms with Crippen molar-refractivity contribution in [3.8, 4) is 0 Å². The summed E-state index contributed by atoms with van der Waals surface area (Å²) in [7, 11) is 0. The van der Waals surface area contributed by atoms with E-state index in [1.54, 1.807) is 11.1 Å². The third kappa shape index (κ3) is 4.18. The highest BCUT2D eigenvalue weighted by Gasteiger charge is 2.35. The van der Waals surface area contributed by atoms with Crippen molar-refractivity contribution in [3.05, 3.63) is 29.6 Å². The lowest BCUT2D eigenvalue weighted by Gasteiger charge is -2.39. The molecule has 2 heterocycles. The van der Waals surface area contributed by atoms with Crippen molar-refractivity contribution in [2.75, 3.05) is 19.8 Å². The van der Waals surface area contributed by atoms with E-state index in [9.17, 15) is 4.79 Å². The third-order valence-electron chi connectivity index (χ3n) is 3.53. The van der Waals surface area contributed by atoms with Gasteiger partial charge in [0, 0.05) is 18.4 Å². The zero-order valence-electron chi connectivity index (χ0n) is 13.7. The van der Waals surface area contributed by atoms with Gasteiger partial charge in [0.15, 0.2) is 0 Å². The number of aromatic nitrogens is 1. The summed E-state index contributed by atoms with van der Waals surface area (Å²) >= 11 is 0. The number of hydrogen-bond donors (Lipinski definition) is 1. The Hall–Kier alpha value is -1.66. The average Bonchev–Trinajstić information content (AvgIpc) is 2.45. The molecule has 6 nitrogen and oxygen atoms in total. The molecular formula is C16H25N3O3. The molecule has 0 saturated carbocycles. The molecule has 1 aromatic heterocycles. The quantitative estimate of drug-likeness (QED) is 0.904. The second kappa shape index (κ2) is 6.62. The number of nitrogens with two attached hydrogens (primary N) is 1. The third-order valence-corrected chi connectivity index (χ3v) is 3.53. The lowest BCUT2D eigenvalue weighted by atomic mass is 10.00. The lowest BCUT2D eigenvalue weighted by molar-refractivity contribution is -0.0382. The van der Waals surface area contributed by atoms with Crippen LogP contribution >= 0.6 is 0 Å². The van der Waals surface area contributed by atoms with E-state index < -0.39 is 5.60 Å². The Bertz CT molecular complexity index is 510. The summed E-state index contributed by atoms with van der Waals surface area (Å²) in [6.07, 6.45) is 1.40. The van der Waals surface area contributed by atoms with Crippen molar-refractivity contribution >= 4 is 6.09 Å². The second-order valence-corrected chi connectivity index (χ2v) is 6.57. The summed E-state index contributed by atoms with van der Waals surface area (Å²) in [5.41, 5.74) is 7.62. The van der Waals surface area contributed by atoms with Crippen molar-refractivity contribution in [1.82, 2.24) is 9.88 Å². The van der Waals surface area contributed by atoms with Crippen LogP contribution in [0.25, 0.3) is 0 Å². The fraction of sp³-hybridized carbons (Fsp3) is 0.625. The van der Waals surface area contributed by atoms with Crippen molar-refractivity contribution in [2.45, 2.75) is 45.4 Å². The molecule has 1 aliphatic rings. The highest BCUT2D eigenvalue weighted by atomic mass is 16.6. The number of hydrogen-bond acceptors (Lipinski definition) is 5. The molecule has 0 aromatic carbocycles. The van der Waals surface area contributed by atoms with E-state index in [0.29, 0.717) is 19.8 Å². The molecular weight excluding hydrogens is 282 g/mol. The minimum Gasteiger partial charge on any atom is -0.444 e. The monoisotopic (exact) mass is 307 g/mol. The number of morpholine rings is 1. The van der Waals surface area contributed by atoms with Gasteiger partial charge in [-0.3, -0.25) is 9.88 Å². The summed E-state index contributed by atoms with van der Waals surface area (Å²) in [5.74, 6) is 0. The number of nitrogens with zero attached hydrogens (tertiary/aromatic N) is 2. The molecule has 2 unspecified atom stereocenters. The van der Waals surface area contributed by atoms with E-state index >= 15 is 0 Å². The number of carbonyl (C=O) groups is 1. The Morgan fingerprint density at radius 1 is 1.50 bits per heavy atom. The maximum absolute atomic E-state index is 12.4.